The third-order valence-electron chi connectivity index (χ3n) is 6.12. The monoisotopic (exact) mass is 496 g/mol. The van der Waals surface area contributed by atoms with Gasteiger partial charge in [0.15, 0.2) is 0 Å². The maximum absolute atomic E-state index is 12.1. The molecule has 0 amide bonds. The molecule has 190 valence electrons. The van der Waals surface area contributed by atoms with Crippen LogP contribution in [0.5, 0.6) is 0 Å². The minimum absolute atomic E-state index is 0.170. The van der Waals surface area contributed by atoms with Crippen molar-refractivity contribution in [1.29, 1.82) is 5.26 Å². The molecule has 0 fully saturated rings. The summed E-state index contributed by atoms with van der Waals surface area (Å²) < 4.78 is 5.43. The fourth-order valence-corrected chi connectivity index (χ4v) is 3.16. The van der Waals surface area contributed by atoms with Crippen LogP contribution in [0.1, 0.15) is 38.3 Å². The highest BCUT2D eigenvalue weighted by molar-refractivity contribution is 5.75. The van der Waals surface area contributed by atoms with E-state index in [1.165, 1.54) is 0 Å². The molecule has 8 nitrogen and oxygen atoms in total. The van der Waals surface area contributed by atoms with E-state index in [0.29, 0.717) is 30.1 Å². The molecular formula is C29H32N6O2. The summed E-state index contributed by atoms with van der Waals surface area (Å²) in [4.78, 5) is 14.1. The van der Waals surface area contributed by atoms with Crippen LogP contribution in [-0.4, -0.2) is 26.2 Å². The normalized spacial score (nSPS) is 11.6. The van der Waals surface area contributed by atoms with E-state index in [1.54, 1.807) is 24.3 Å². The van der Waals surface area contributed by atoms with E-state index in [-0.39, 0.29) is 5.97 Å². The van der Waals surface area contributed by atoms with E-state index >= 15 is 0 Å². The molecule has 0 aromatic heterocycles. The lowest BCUT2D eigenvalue weighted by atomic mass is 9.91. The summed E-state index contributed by atoms with van der Waals surface area (Å²) in [6.45, 7) is 8.65. The molecule has 0 unspecified atom stereocenters. The number of likely N-dealkylation sites (N-methyl/N-ethyl adjacent to an activating group) is 1. The van der Waals surface area contributed by atoms with Crippen molar-refractivity contribution in [3.8, 4) is 6.07 Å². The molecule has 0 spiro atoms. The Bertz CT molecular complexity index is 1310. The summed E-state index contributed by atoms with van der Waals surface area (Å²) >= 11 is 0. The number of ether oxygens (including phenoxy) is 1. The Hall–Kier alpha value is -4.38. The number of nitrogens with zero attached hydrogens (tertiary/aromatic N) is 6. The van der Waals surface area contributed by atoms with Crippen molar-refractivity contribution >= 4 is 34.4 Å². The van der Waals surface area contributed by atoms with Gasteiger partial charge in [-0.1, -0.05) is 6.92 Å². The first-order chi connectivity index (χ1) is 17.7. The van der Waals surface area contributed by atoms with E-state index in [1.807, 2.05) is 82.1 Å². The number of hydrogen-bond acceptors (Lipinski definition) is 8. The number of esters is 1. The largest absolute Gasteiger partial charge is 0.463 e. The first kappa shape index (κ1) is 27.2. The predicted molar refractivity (Wildman–Crippen MR) is 145 cm³/mol. The van der Waals surface area contributed by atoms with Crippen LogP contribution in [0.2, 0.25) is 0 Å². The second kappa shape index (κ2) is 12.5. The van der Waals surface area contributed by atoms with Crippen molar-refractivity contribution < 1.29 is 9.53 Å². The van der Waals surface area contributed by atoms with Crippen LogP contribution in [0.4, 0.5) is 28.4 Å². The topological polar surface area (TPSA) is 103 Å². The molecule has 0 saturated carbocycles. The molecule has 0 heterocycles. The summed E-state index contributed by atoms with van der Waals surface area (Å²) in [5, 5.41) is 26.1. The maximum atomic E-state index is 12.1. The average molecular weight is 497 g/mol. The Morgan fingerprint density at radius 1 is 0.919 bits per heavy atom. The number of aryl methyl sites for hydroxylation is 1. The highest BCUT2D eigenvalue weighted by Gasteiger charge is 2.26. The van der Waals surface area contributed by atoms with Gasteiger partial charge in [-0.15, -0.1) is 0 Å². The predicted octanol–water partition coefficient (Wildman–Crippen LogP) is 8.11. The second-order valence-electron chi connectivity index (χ2n) is 9.34. The van der Waals surface area contributed by atoms with Crippen LogP contribution in [0, 0.1) is 23.7 Å². The van der Waals surface area contributed by atoms with Gasteiger partial charge in [0.05, 0.1) is 46.3 Å². The summed E-state index contributed by atoms with van der Waals surface area (Å²) in [6.07, 6.45) is 0.742. The average Bonchev–Trinajstić information content (AvgIpc) is 2.91. The van der Waals surface area contributed by atoms with Gasteiger partial charge in [-0.2, -0.15) is 25.7 Å². The van der Waals surface area contributed by atoms with Gasteiger partial charge in [0.25, 0.3) is 0 Å². The van der Waals surface area contributed by atoms with Crippen LogP contribution in [0.25, 0.3) is 0 Å². The zero-order valence-electron chi connectivity index (χ0n) is 22.0. The number of carbonyl (C=O) groups is 1. The Morgan fingerprint density at radius 3 is 2.08 bits per heavy atom. The number of rotatable bonds is 10. The number of nitriles is 1. The van der Waals surface area contributed by atoms with Crippen LogP contribution < -0.4 is 4.90 Å². The van der Waals surface area contributed by atoms with Gasteiger partial charge in [0.2, 0.25) is 0 Å². The van der Waals surface area contributed by atoms with Crippen molar-refractivity contribution in [2.24, 2.45) is 25.9 Å². The molecule has 0 N–H and O–H groups in total. The molecule has 0 atom stereocenters. The third-order valence-corrected chi connectivity index (χ3v) is 6.12. The fourth-order valence-electron chi connectivity index (χ4n) is 3.16. The van der Waals surface area contributed by atoms with Gasteiger partial charge in [0, 0.05) is 12.7 Å². The summed E-state index contributed by atoms with van der Waals surface area (Å²) in [7, 11) is 1.96. The summed E-state index contributed by atoms with van der Waals surface area (Å²) in [5.74, 6) is -0.170. The van der Waals surface area contributed by atoms with Crippen molar-refractivity contribution in [2.45, 2.75) is 34.1 Å². The molecule has 37 heavy (non-hydrogen) atoms. The van der Waals surface area contributed by atoms with Gasteiger partial charge in [-0.3, -0.25) is 4.79 Å². The lowest BCUT2D eigenvalue weighted by Crippen LogP contribution is -2.30. The van der Waals surface area contributed by atoms with Crippen molar-refractivity contribution in [3.05, 3.63) is 77.9 Å². The van der Waals surface area contributed by atoms with Crippen molar-refractivity contribution in [2.75, 3.05) is 25.1 Å². The molecule has 3 rings (SSSR count). The maximum Gasteiger partial charge on any atom is 0.311 e. The number of carbonyl (C=O) groups excluding carboxylic acids is 1. The molecule has 0 aliphatic heterocycles. The van der Waals surface area contributed by atoms with Crippen LogP contribution in [0.15, 0.2) is 87.2 Å². The van der Waals surface area contributed by atoms with E-state index in [2.05, 4.69) is 26.5 Å². The smallest absolute Gasteiger partial charge is 0.311 e. The quantitative estimate of drug-likeness (QED) is 0.209. The molecule has 3 aromatic carbocycles. The highest BCUT2D eigenvalue weighted by Crippen LogP contribution is 2.28. The van der Waals surface area contributed by atoms with Gasteiger partial charge >= 0.3 is 5.97 Å². The van der Waals surface area contributed by atoms with Gasteiger partial charge in [-0.05, 0) is 99.5 Å². The minimum Gasteiger partial charge on any atom is -0.463 e. The molecule has 0 saturated heterocycles. The molecule has 3 aromatic rings. The Kier molecular flexibility index (Phi) is 9.22. The van der Waals surface area contributed by atoms with E-state index < -0.39 is 5.41 Å². The van der Waals surface area contributed by atoms with Crippen LogP contribution in [-0.2, 0) is 9.53 Å². The highest BCUT2D eigenvalue weighted by atomic mass is 16.5. The van der Waals surface area contributed by atoms with Crippen molar-refractivity contribution in [3.63, 3.8) is 0 Å². The third kappa shape index (κ3) is 7.80. The zero-order valence-corrected chi connectivity index (χ0v) is 22.0. The molecule has 0 bridgehead atoms. The molecular weight excluding hydrogens is 464 g/mol. The van der Waals surface area contributed by atoms with E-state index in [4.69, 9.17) is 10.00 Å². The van der Waals surface area contributed by atoms with E-state index in [9.17, 15) is 4.79 Å². The first-order valence-electron chi connectivity index (χ1n) is 12.1. The number of azo groups is 2. The first-order valence-corrected chi connectivity index (χ1v) is 12.1. The summed E-state index contributed by atoms with van der Waals surface area (Å²) in [5.41, 5.74) is 4.91. The lowest BCUT2D eigenvalue weighted by molar-refractivity contribution is -0.153. The Morgan fingerprint density at radius 2 is 1.49 bits per heavy atom. The van der Waals surface area contributed by atoms with Crippen LogP contribution in [0.3, 0.4) is 0 Å². The standard InChI is InChI=1S/C29H32N6O2/c1-6-29(3,4)28(36)37-18-17-35(5)26-14-11-24(12-15-26)32-34-27-16-13-25(19-21(27)2)33-31-23-9-7-22(20-30)8-10-23/h7-16,19H,6,17-18H2,1-5H3. The Balaban J connectivity index is 1.55. The summed E-state index contributed by atoms with van der Waals surface area (Å²) in [6, 6.07) is 22.3. The van der Waals surface area contributed by atoms with Crippen LogP contribution >= 0.6 is 0 Å². The second-order valence-corrected chi connectivity index (χ2v) is 9.34. The number of anilines is 1. The molecule has 8 heteroatoms. The van der Waals surface area contributed by atoms with Gasteiger partial charge in [0.1, 0.15) is 6.61 Å². The molecule has 0 aliphatic carbocycles. The number of benzene rings is 3. The molecule has 0 radical (unpaired) electrons. The van der Waals surface area contributed by atoms with E-state index in [0.717, 1.165) is 29.0 Å². The molecule has 0 aliphatic rings. The van der Waals surface area contributed by atoms with Gasteiger partial charge in [-0.25, -0.2) is 0 Å². The number of hydrogen-bond donors (Lipinski definition) is 0. The minimum atomic E-state index is -0.458. The SMILES string of the molecule is CCC(C)(C)C(=O)OCCN(C)c1ccc(N=Nc2ccc(N=Nc3ccc(C#N)cc3)cc2C)cc1. The fraction of sp³-hybridized carbons (Fsp3) is 0.310. The lowest BCUT2D eigenvalue weighted by Gasteiger charge is -2.23. The van der Waals surface area contributed by atoms with Crippen molar-refractivity contribution in [1.82, 2.24) is 0 Å². The Labute approximate surface area is 218 Å². The zero-order chi connectivity index (χ0) is 26.8. The van der Waals surface area contributed by atoms with Gasteiger partial charge < -0.3 is 9.64 Å².